The van der Waals surface area contributed by atoms with Crippen LogP contribution < -0.4 is 5.32 Å². The van der Waals surface area contributed by atoms with Crippen molar-refractivity contribution in [3.8, 4) is 0 Å². The summed E-state index contributed by atoms with van der Waals surface area (Å²) in [6.07, 6.45) is -3.70. The summed E-state index contributed by atoms with van der Waals surface area (Å²) in [5.41, 5.74) is -3.67. The standard InChI is InChI=1S/C23H25F3N2O3S/c1-31-22(23(24,25)26,16-6-3-2-4-7-16)20(30)28-11-9-21(10-12-28)14-19(29)27-15-17(21)18-8-5-13-32-18/h2-8,13,17H,9-12,14-15H2,1H3,(H,27,29)/t17?,22-/m1/s1. The Balaban J connectivity index is 1.61. The summed E-state index contributed by atoms with van der Waals surface area (Å²) in [6.45, 7) is 0.784. The normalized spacial score (nSPS) is 22.9. The number of ether oxygens (including phenoxy) is 1. The molecule has 1 aromatic heterocycles. The van der Waals surface area contributed by atoms with Crippen LogP contribution in [-0.2, 0) is 19.9 Å². The molecule has 1 spiro atoms. The summed E-state index contributed by atoms with van der Waals surface area (Å²) in [5, 5.41) is 4.90. The predicted molar refractivity (Wildman–Crippen MR) is 114 cm³/mol. The molecular formula is C23H25F3N2O3S. The van der Waals surface area contributed by atoms with Crippen molar-refractivity contribution in [2.24, 2.45) is 5.41 Å². The summed E-state index contributed by atoms with van der Waals surface area (Å²) in [6, 6.07) is 11.0. The number of halogens is 3. The number of hydrogen-bond donors (Lipinski definition) is 1. The minimum atomic E-state index is -4.93. The molecule has 32 heavy (non-hydrogen) atoms. The summed E-state index contributed by atoms with van der Waals surface area (Å²) >= 11 is 1.61. The van der Waals surface area contributed by atoms with E-state index >= 15 is 0 Å². The number of nitrogens with zero attached hydrogens (tertiary/aromatic N) is 1. The minimum absolute atomic E-state index is 0.0524. The van der Waals surface area contributed by atoms with Crippen molar-refractivity contribution in [2.75, 3.05) is 26.7 Å². The van der Waals surface area contributed by atoms with Crippen LogP contribution in [-0.4, -0.2) is 49.6 Å². The molecule has 172 valence electrons. The van der Waals surface area contributed by atoms with E-state index in [4.69, 9.17) is 4.74 Å². The third-order valence-corrected chi connectivity index (χ3v) is 7.86. The van der Waals surface area contributed by atoms with Crippen LogP contribution in [0.3, 0.4) is 0 Å². The summed E-state index contributed by atoms with van der Waals surface area (Å²) < 4.78 is 47.8. The fourth-order valence-electron chi connectivity index (χ4n) is 5.13. The SMILES string of the molecule is CO[C@@](C(=O)N1CCC2(CC1)CC(=O)NCC2c1cccs1)(c1ccccc1)C(F)(F)F. The Morgan fingerprint density at radius 2 is 1.84 bits per heavy atom. The van der Waals surface area contributed by atoms with Crippen LogP contribution in [0.2, 0.25) is 0 Å². The highest BCUT2D eigenvalue weighted by Gasteiger charge is 2.64. The van der Waals surface area contributed by atoms with Gasteiger partial charge in [0.15, 0.2) is 0 Å². The first kappa shape index (κ1) is 22.8. The van der Waals surface area contributed by atoms with Crippen LogP contribution in [0.4, 0.5) is 13.2 Å². The van der Waals surface area contributed by atoms with E-state index in [2.05, 4.69) is 5.32 Å². The number of likely N-dealkylation sites (tertiary alicyclic amines) is 1. The lowest BCUT2D eigenvalue weighted by Gasteiger charge is -2.49. The van der Waals surface area contributed by atoms with Crippen molar-refractivity contribution < 1.29 is 27.5 Å². The van der Waals surface area contributed by atoms with Crippen LogP contribution >= 0.6 is 11.3 Å². The Hall–Kier alpha value is -2.39. The lowest BCUT2D eigenvalue weighted by molar-refractivity contribution is -0.271. The van der Waals surface area contributed by atoms with Crippen LogP contribution in [0, 0.1) is 5.41 Å². The summed E-state index contributed by atoms with van der Waals surface area (Å²) in [7, 11) is 0.919. The zero-order valence-corrected chi connectivity index (χ0v) is 18.5. The van der Waals surface area contributed by atoms with Gasteiger partial charge in [-0.1, -0.05) is 36.4 Å². The molecule has 0 aliphatic carbocycles. The van der Waals surface area contributed by atoms with Gasteiger partial charge in [-0.05, 0) is 29.7 Å². The van der Waals surface area contributed by atoms with Crippen molar-refractivity contribution >= 4 is 23.2 Å². The van der Waals surface area contributed by atoms with Crippen LogP contribution in [0.25, 0.3) is 0 Å². The summed E-state index contributed by atoms with van der Waals surface area (Å²) in [5.74, 6) is -1.08. The maximum atomic E-state index is 14.3. The molecule has 5 nitrogen and oxygen atoms in total. The van der Waals surface area contributed by atoms with Crippen LogP contribution in [0.1, 0.15) is 35.6 Å². The van der Waals surface area contributed by atoms with Gasteiger partial charge >= 0.3 is 6.18 Å². The van der Waals surface area contributed by atoms with Gasteiger partial charge in [0.25, 0.3) is 11.5 Å². The highest BCUT2D eigenvalue weighted by molar-refractivity contribution is 7.10. The van der Waals surface area contributed by atoms with E-state index in [0.29, 0.717) is 25.8 Å². The van der Waals surface area contributed by atoms with Gasteiger partial charge in [-0.25, -0.2) is 0 Å². The van der Waals surface area contributed by atoms with Gasteiger partial charge in [0, 0.05) is 49.5 Å². The zero-order valence-electron chi connectivity index (χ0n) is 17.7. The number of piperidine rings is 2. The fraction of sp³-hybridized carbons (Fsp3) is 0.478. The highest BCUT2D eigenvalue weighted by atomic mass is 32.1. The highest BCUT2D eigenvalue weighted by Crippen LogP contribution is 2.51. The number of rotatable bonds is 4. The number of thiophene rings is 1. The number of nitrogens with one attached hydrogen (secondary N) is 1. The van der Waals surface area contributed by atoms with Crippen molar-refractivity contribution in [1.29, 1.82) is 0 Å². The predicted octanol–water partition coefficient (Wildman–Crippen LogP) is 4.06. The van der Waals surface area contributed by atoms with Gasteiger partial charge in [-0.15, -0.1) is 11.3 Å². The second-order valence-corrected chi connectivity index (χ2v) is 9.43. The van der Waals surface area contributed by atoms with Gasteiger partial charge in [-0.2, -0.15) is 13.2 Å². The summed E-state index contributed by atoms with van der Waals surface area (Å²) in [4.78, 5) is 28.0. The molecule has 1 N–H and O–H groups in total. The topological polar surface area (TPSA) is 58.6 Å². The Morgan fingerprint density at radius 1 is 1.16 bits per heavy atom. The van der Waals surface area contributed by atoms with Crippen LogP contribution in [0.15, 0.2) is 47.8 Å². The molecule has 9 heteroatoms. The first-order chi connectivity index (χ1) is 15.2. The smallest absolute Gasteiger partial charge is 0.356 e. The lowest BCUT2D eigenvalue weighted by Crippen LogP contribution is -2.60. The van der Waals surface area contributed by atoms with Gasteiger partial charge in [0.2, 0.25) is 5.91 Å². The number of amides is 2. The van der Waals surface area contributed by atoms with E-state index in [1.807, 2.05) is 17.5 Å². The fourth-order valence-corrected chi connectivity index (χ4v) is 6.10. The number of carbonyl (C=O) groups is 2. The van der Waals surface area contributed by atoms with Crippen molar-refractivity contribution in [3.63, 3.8) is 0 Å². The lowest BCUT2D eigenvalue weighted by atomic mass is 9.64. The maximum Gasteiger partial charge on any atom is 0.430 e. The number of carbonyl (C=O) groups excluding carboxylic acids is 2. The maximum absolute atomic E-state index is 14.3. The molecule has 0 saturated carbocycles. The van der Waals surface area contributed by atoms with E-state index in [9.17, 15) is 22.8 Å². The molecule has 4 rings (SSSR count). The molecule has 2 saturated heterocycles. The first-order valence-corrected chi connectivity index (χ1v) is 11.4. The molecule has 2 aromatic rings. The number of methoxy groups -OCH3 is 1. The second-order valence-electron chi connectivity index (χ2n) is 8.45. The molecule has 2 aliphatic rings. The molecule has 3 heterocycles. The average molecular weight is 467 g/mol. The Bertz CT molecular complexity index is 957. The van der Waals surface area contributed by atoms with Crippen molar-refractivity contribution in [1.82, 2.24) is 10.2 Å². The molecule has 0 bridgehead atoms. The van der Waals surface area contributed by atoms with E-state index in [1.54, 1.807) is 17.4 Å². The van der Waals surface area contributed by atoms with Crippen molar-refractivity contribution in [2.45, 2.75) is 37.0 Å². The molecular weight excluding hydrogens is 441 g/mol. The molecule has 2 fully saturated rings. The molecule has 2 atom stereocenters. The van der Waals surface area contributed by atoms with E-state index in [1.165, 1.54) is 29.2 Å². The molecule has 1 unspecified atom stereocenters. The van der Waals surface area contributed by atoms with E-state index in [-0.39, 0.29) is 35.9 Å². The van der Waals surface area contributed by atoms with Gasteiger partial charge in [-0.3, -0.25) is 9.59 Å². The second kappa shape index (κ2) is 8.51. The van der Waals surface area contributed by atoms with Crippen molar-refractivity contribution in [3.05, 3.63) is 58.3 Å². The monoisotopic (exact) mass is 466 g/mol. The van der Waals surface area contributed by atoms with E-state index in [0.717, 1.165) is 12.0 Å². The zero-order chi connectivity index (χ0) is 23.0. The molecule has 2 aliphatic heterocycles. The van der Waals surface area contributed by atoms with Crippen LogP contribution in [0.5, 0.6) is 0 Å². The van der Waals surface area contributed by atoms with Gasteiger partial charge in [0.1, 0.15) is 0 Å². The number of hydrogen-bond acceptors (Lipinski definition) is 4. The minimum Gasteiger partial charge on any atom is -0.356 e. The Labute approximate surface area is 188 Å². The largest absolute Gasteiger partial charge is 0.430 e. The third-order valence-electron chi connectivity index (χ3n) is 6.88. The Kier molecular flexibility index (Phi) is 6.06. The molecule has 1 aromatic carbocycles. The quantitative estimate of drug-likeness (QED) is 0.739. The molecule has 2 amide bonds. The number of alkyl halides is 3. The molecule has 0 radical (unpaired) electrons. The van der Waals surface area contributed by atoms with Gasteiger partial charge < -0.3 is 15.0 Å². The average Bonchev–Trinajstić information content (AvgIpc) is 3.29. The van der Waals surface area contributed by atoms with E-state index < -0.39 is 17.7 Å². The van der Waals surface area contributed by atoms with Gasteiger partial charge in [0.05, 0.1) is 0 Å². The first-order valence-electron chi connectivity index (χ1n) is 10.5. The number of benzene rings is 1. The Morgan fingerprint density at radius 3 is 2.41 bits per heavy atom. The third kappa shape index (κ3) is 3.71.